The molecule has 3 aromatic heterocycles. The fraction of sp³-hybridized carbons (Fsp3) is 0.429. The van der Waals surface area contributed by atoms with Gasteiger partial charge >= 0.3 is 0 Å². The molecule has 1 aromatic carbocycles. The smallest absolute Gasteiger partial charge is 0.186 e. The zero-order valence-electron chi connectivity index (χ0n) is 17.5. The third-order valence-electron chi connectivity index (χ3n) is 5.84. The minimum absolute atomic E-state index is 0.630. The molecule has 30 heavy (non-hydrogen) atoms. The van der Waals surface area contributed by atoms with Gasteiger partial charge in [-0.15, -0.1) is 0 Å². The number of thiazole rings is 1. The Balaban J connectivity index is 1.35. The Morgan fingerprint density at radius 1 is 1.00 bits per heavy atom. The SMILES string of the molecule is COCCn1cnc2c(N3CCN(c4nc5c(C)c(C)ccc5s4)CC3)ncnc21. The lowest BCUT2D eigenvalue weighted by atomic mass is 10.1. The van der Waals surface area contributed by atoms with Gasteiger partial charge < -0.3 is 19.1 Å². The average molecular weight is 424 g/mol. The fourth-order valence-corrected chi connectivity index (χ4v) is 4.99. The molecule has 0 atom stereocenters. The van der Waals surface area contributed by atoms with E-state index < -0.39 is 0 Å². The Labute approximate surface area is 179 Å². The van der Waals surface area contributed by atoms with Crippen LogP contribution in [0.15, 0.2) is 24.8 Å². The zero-order chi connectivity index (χ0) is 20.7. The fourth-order valence-electron chi connectivity index (χ4n) is 3.91. The van der Waals surface area contributed by atoms with E-state index in [1.165, 1.54) is 15.8 Å². The summed E-state index contributed by atoms with van der Waals surface area (Å²) in [7, 11) is 1.70. The van der Waals surface area contributed by atoms with Crippen molar-refractivity contribution in [2.75, 3.05) is 49.7 Å². The quantitative estimate of drug-likeness (QED) is 0.489. The highest BCUT2D eigenvalue weighted by atomic mass is 32.1. The summed E-state index contributed by atoms with van der Waals surface area (Å²) < 4.78 is 8.47. The lowest BCUT2D eigenvalue weighted by Crippen LogP contribution is -2.46. The second-order valence-electron chi connectivity index (χ2n) is 7.62. The van der Waals surface area contributed by atoms with Crippen molar-refractivity contribution in [2.45, 2.75) is 20.4 Å². The highest BCUT2D eigenvalue weighted by Crippen LogP contribution is 2.33. The first-order valence-corrected chi connectivity index (χ1v) is 11.0. The van der Waals surface area contributed by atoms with Crippen LogP contribution in [0.4, 0.5) is 10.9 Å². The Kier molecular flexibility index (Phi) is 5.00. The van der Waals surface area contributed by atoms with E-state index in [-0.39, 0.29) is 0 Å². The molecule has 0 saturated carbocycles. The summed E-state index contributed by atoms with van der Waals surface area (Å²) >= 11 is 1.78. The molecule has 8 nitrogen and oxygen atoms in total. The number of aryl methyl sites for hydroxylation is 2. The highest BCUT2D eigenvalue weighted by Gasteiger charge is 2.23. The molecule has 0 spiro atoms. The number of benzene rings is 1. The van der Waals surface area contributed by atoms with Crippen LogP contribution < -0.4 is 9.80 Å². The molecular weight excluding hydrogens is 398 g/mol. The molecule has 1 saturated heterocycles. The lowest BCUT2D eigenvalue weighted by molar-refractivity contribution is 0.188. The standard InChI is InChI=1S/C21H25N7OS/c1-14-4-5-16-17(15(14)2)25-21(30-16)27-8-6-26(7-9-27)19-18-20(23-12-22-19)28(13-24-18)10-11-29-3/h4-5,12-13H,6-11H2,1-3H3. The number of nitrogens with zero attached hydrogens (tertiary/aromatic N) is 7. The Hall–Kier alpha value is -2.78. The summed E-state index contributed by atoms with van der Waals surface area (Å²) in [5.41, 5.74) is 5.42. The summed E-state index contributed by atoms with van der Waals surface area (Å²) in [5.74, 6) is 0.909. The first-order valence-electron chi connectivity index (χ1n) is 10.2. The number of methoxy groups -OCH3 is 1. The number of imidazole rings is 1. The summed E-state index contributed by atoms with van der Waals surface area (Å²) in [4.78, 5) is 23.2. The maximum atomic E-state index is 5.19. The van der Waals surface area contributed by atoms with Crippen molar-refractivity contribution in [1.29, 1.82) is 0 Å². The van der Waals surface area contributed by atoms with Crippen LogP contribution in [0, 0.1) is 13.8 Å². The minimum atomic E-state index is 0.630. The molecule has 156 valence electrons. The van der Waals surface area contributed by atoms with Crippen molar-refractivity contribution >= 4 is 43.7 Å². The minimum Gasteiger partial charge on any atom is -0.383 e. The van der Waals surface area contributed by atoms with Crippen LogP contribution in [-0.4, -0.2) is 64.4 Å². The van der Waals surface area contributed by atoms with E-state index in [0.29, 0.717) is 6.61 Å². The average Bonchev–Trinajstić information content (AvgIpc) is 3.40. The van der Waals surface area contributed by atoms with Crippen LogP contribution in [0.5, 0.6) is 0 Å². The van der Waals surface area contributed by atoms with Crippen molar-refractivity contribution in [3.63, 3.8) is 0 Å². The number of rotatable bonds is 5. The third kappa shape index (κ3) is 3.27. The molecule has 9 heteroatoms. The van der Waals surface area contributed by atoms with Crippen LogP contribution in [0.2, 0.25) is 0 Å². The maximum absolute atomic E-state index is 5.19. The van der Waals surface area contributed by atoms with E-state index in [0.717, 1.165) is 60.4 Å². The predicted molar refractivity (Wildman–Crippen MR) is 121 cm³/mol. The van der Waals surface area contributed by atoms with Gasteiger partial charge in [-0.1, -0.05) is 17.4 Å². The zero-order valence-corrected chi connectivity index (χ0v) is 18.3. The summed E-state index contributed by atoms with van der Waals surface area (Å²) in [6.45, 7) is 9.24. The van der Waals surface area contributed by atoms with Gasteiger partial charge in [-0.3, -0.25) is 0 Å². The van der Waals surface area contributed by atoms with Crippen LogP contribution in [-0.2, 0) is 11.3 Å². The van der Waals surface area contributed by atoms with Gasteiger partial charge in [0.1, 0.15) is 6.33 Å². The molecular formula is C21H25N7OS. The lowest BCUT2D eigenvalue weighted by Gasteiger charge is -2.35. The molecule has 0 bridgehead atoms. The third-order valence-corrected chi connectivity index (χ3v) is 6.92. The number of hydrogen-bond donors (Lipinski definition) is 0. The van der Waals surface area contributed by atoms with Gasteiger partial charge in [0.15, 0.2) is 22.1 Å². The van der Waals surface area contributed by atoms with Gasteiger partial charge in [-0.2, -0.15) is 0 Å². The number of fused-ring (bicyclic) bond motifs is 2. The predicted octanol–water partition coefficient (Wildman–Crippen LogP) is 3.03. The van der Waals surface area contributed by atoms with E-state index in [2.05, 4.69) is 50.7 Å². The molecule has 0 amide bonds. The normalized spacial score (nSPS) is 14.9. The summed E-state index contributed by atoms with van der Waals surface area (Å²) in [6, 6.07) is 4.37. The number of anilines is 2. The molecule has 1 fully saturated rings. The van der Waals surface area contributed by atoms with Gasteiger partial charge in [0.2, 0.25) is 0 Å². The number of ether oxygens (including phenoxy) is 1. The molecule has 1 aliphatic rings. The molecule has 0 unspecified atom stereocenters. The van der Waals surface area contributed by atoms with E-state index in [4.69, 9.17) is 9.72 Å². The van der Waals surface area contributed by atoms with Crippen molar-refractivity contribution < 1.29 is 4.74 Å². The Morgan fingerprint density at radius 2 is 1.80 bits per heavy atom. The van der Waals surface area contributed by atoms with Gasteiger partial charge in [0.05, 0.1) is 23.2 Å². The number of piperazine rings is 1. The molecule has 0 N–H and O–H groups in total. The monoisotopic (exact) mass is 423 g/mol. The second kappa shape index (κ2) is 7.81. The molecule has 0 radical (unpaired) electrons. The van der Waals surface area contributed by atoms with Crippen LogP contribution >= 0.6 is 11.3 Å². The van der Waals surface area contributed by atoms with Gasteiger partial charge in [0, 0.05) is 39.8 Å². The van der Waals surface area contributed by atoms with Crippen LogP contribution in [0.1, 0.15) is 11.1 Å². The van der Waals surface area contributed by atoms with Gasteiger partial charge in [-0.25, -0.2) is 19.9 Å². The first-order chi connectivity index (χ1) is 14.7. The van der Waals surface area contributed by atoms with Crippen LogP contribution in [0.3, 0.4) is 0 Å². The van der Waals surface area contributed by atoms with E-state index >= 15 is 0 Å². The van der Waals surface area contributed by atoms with Crippen molar-refractivity contribution in [3.8, 4) is 0 Å². The molecule has 5 rings (SSSR count). The first kappa shape index (κ1) is 19.2. The highest BCUT2D eigenvalue weighted by molar-refractivity contribution is 7.22. The molecule has 4 heterocycles. The second-order valence-corrected chi connectivity index (χ2v) is 8.63. The van der Waals surface area contributed by atoms with E-state index in [9.17, 15) is 0 Å². The summed E-state index contributed by atoms with van der Waals surface area (Å²) in [5, 5.41) is 1.11. The van der Waals surface area contributed by atoms with Gasteiger partial charge in [0.25, 0.3) is 0 Å². The summed E-state index contributed by atoms with van der Waals surface area (Å²) in [6.07, 6.45) is 3.46. The maximum Gasteiger partial charge on any atom is 0.186 e. The topological polar surface area (TPSA) is 72.2 Å². The number of hydrogen-bond acceptors (Lipinski definition) is 8. The van der Waals surface area contributed by atoms with Gasteiger partial charge in [-0.05, 0) is 31.0 Å². The van der Waals surface area contributed by atoms with Crippen molar-refractivity contribution in [2.24, 2.45) is 0 Å². The largest absolute Gasteiger partial charge is 0.383 e. The molecule has 0 aliphatic carbocycles. The Bertz CT molecular complexity index is 1190. The molecule has 4 aromatic rings. The van der Waals surface area contributed by atoms with Crippen LogP contribution in [0.25, 0.3) is 21.4 Å². The molecule has 1 aliphatic heterocycles. The number of aromatic nitrogens is 5. The van der Waals surface area contributed by atoms with Crippen molar-refractivity contribution in [1.82, 2.24) is 24.5 Å². The van der Waals surface area contributed by atoms with E-state index in [1.54, 1.807) is 24.8 Å². The van der Waals surface area contributed by atoms with E-state index in [1.807, 2.05) is 10.9 Å². The Morgan fingerprint density at radius 3 is 2.60 bits per heavy atom. The van der Waals surface area contributed by atoms with Crippen molar-refractivity contribution in [3.05, 3.63) is 35.9 Å².